The Balaban J connectivity index is 2.11. The summed E-state index contributed by atoms with van der Waals surface area (Å²) in [4.78, 5) is 21.1. The van der Waals surface area contributed by atoms with Gasteiger partial charge in [-0.25, -0.2) is 0 Å². The first-order chi connectivity index (χ1) is 10.0. The Morgan fingerprint density at radius 1 is 1.43 bits per heavy atom. The molecule has 0 aliphatic rings. The highest BCUT2D eigenvalue weighted by atomic mass is 16.6. The number of rotatable bonds is 6. The summed E-state index contributed by atoms with van der Waals surface area (Å²) in [5, 5.41) is 15.0. The maximum absolute atomic E-state index is 11.0. The molecule has 0 fully saturated rings. The molecule has 0 aliphatic carbocycles. The summed E-state index contributed by atoms with van der Waals surface area (Å²) < 4.78 is 7.31. The minimum absolute atomic E-state index is 0.145. The molecular weight excluding hydrogens is 274 g/mol. The molecule has 0 atom stereocenters. The summed E-state index contributed by atoms with van der Waals surface area (Å²) in [6.45, 7) is 4.22. The average molecular weight is 289 g/mol. The van der Waals surface area contributed by atoms with Crippen LogP contribution in [0.3, 0.4) is 0 Å². The monoisotopic (exact) mass is 289 g/mol. The van der Waals surface area contributed by atoms with Crippen LogP contribution in [0, 0.1) is 10.1 Å². The molecule has 0 spiro atoms. The van der Waals surface area contributed by atoms with Gasteiger partial charge in [-0.15, -0.1) is 0 Å². The lowest BCUT2D eigenvalue weighted by molar-refractivity contribution is -0.384. The summed E-state index contributed by atoms with van der Waals surface area (Å²) in [6.07, 6.45) is 2.38. The lowest BCUT2D eigenvalue weighted by atomic mass is 10.2. The average Bonchev–Trinajstić information content (AvgIpc) is 2.93. The second-order valence-corrected chi connectivity index (χ2v) is 4.77. The Morgan fingerprint density at radius 2 is 2.19 bits per heavy atom. The molecular formula is C14H15N3O4. The molecule has 0 aliphatic heterocycles. The zero-order valence-corrected chi connectivity index (χ0v) is 11.7. The van der Waals surface area contributed by atoms with Crippen molar-refractivity contribution < 1.29 is 14.5 Å². The molecule has 1 aromatic carbocycles. The number of hydrogen-bond acceptors (Lipinski definition) is 5. The number of carbonyl (C=O) groups is 1. The van der Waals surface area contributed by atoms with E-state index in [0.29, 0.717) is 12.0 Å². The molecule has 2 aromatic rings. The number of nitro groups is 1. The van der Waals surface area contributed by atoms with Crippen LogP contribution in [0.15, 0.2) is 30.5 Å². The molecule has 0 unspecified atom stereocenters. The summed E-state index contributed by atoms with van der Waals surface area (Å²) in [7, 11) is 0. The van der Waals surface area contributed by atoms with Gasteiger partial charge in [-0.05, 0) is 26.0 Å². The summed E-state index contributed by atoms with van der Waals surface area (Å²) in [6, 6.07) is 5.99. The quantitative estimate of drug-likeness (QED) is 0.463. The first-order valence-corrected chi connectivity index (χ1v) is 6.41. The molecule has 0 amide bonds. The van der Waals surface area contributed by atoms with Crippen molar-refractivity contribution >= 4 is 12.0 Å². The largest absolute Gasteiger partial charge is 0.486 e. The van der Waals surface area contributed by atoms with E-state index in [2.05, 4.69) is 5.10 Å². The number of benzene rings is 1. The number of aldehydes is 1. The predicted molar refractivity (Wildman–Crippen MR) is 75.4 cm³/mol. The fourth-order valence-electron chi connectivity index (χ4n) is 1.77. The van der Waals surface area contributed by atoms with Crippen LogP contribution >= 0.6 is 0 Å². The first-order valence-electron chi connectivity index (χ1n) is 6.41. The first kappa shape index (κ1) is 14.7. The third-order valence-corrected chi connectivity index (χ3v) is 2.90. The van der Waals surface area contributed by atoms with E-state index in [1.54, 1.807) is 4.68 Å². The van der Waals surface area contributed by atoms with E-state index in [9.17, 15) is 14.9 Å². The minimum Gasteiger partial charge on any atom is -0.486 e. The Kier molecular flexibility index (Phi) is 4.32. The van der Waals surface area contributed by atoms with Gasteiger partial charge in [0.2, 0.25) is 0 Å². The number of nitro benzene ring substituents is 1. The highest BCUT2D eigenvalue weighted by Crippen LogP contribution is 2.23. The fourth-order valence-corrected chi connectivity index (χ4v) is 1.77. The van der Waals surface area contributed by atoms with E-state index >= 15 is 0 Å². The Labute approximate surface area is 121 Å². The second-order valence-electron chi connectivity index (χ2n) is 4.77. The standard InChI is InChI=1S/C14H15N3O4/c1-10(2)16-6-5-12(15-16)9-21-14-4-3-13(17(19)20)7-11(14)8-18/h3-8,10H,9H2,1-2H3. The van der Waals surface area contributed by atoms with Gasteiger partial charge in [0, 0.05) is 24.4 Å². The van der Waals surface area contributed by atoms with E-state index in [1.807, 2.05) is 26.1 Å². The van der Waals surface area contributed by atoms with Crippen molar-refractivity contribution in [3.05, 3.63) is 51.8 Å². The number of non-ortho nitro benzene ring substituents is 1. The number of aromatic nitrogens is 2. The zero-order chi connectivity index (χ0) is 15.4. The van der Waals surface area contributed by atoms with Crippen LogP contribution in [0.4, 0.5) is 5.69 Å². The van der Waals surface area contributed by atoms with Crippen LogP contribution < -0.4 is 4.74 Å². The molecule has 0 saturated heterocycles. The normalized spacial score (nSPS) is 10.6. The summed E-state index contributed by atoms with van der Waals surface area (Å²) in [5.41, 5.74) is 0.722. The van der Waals surface area contributed by atoms with Crippen molar-refractivity contribution in [1.29, 1.82) is 0 Å². The third-order valence-electron chi connectivity index (χ3n) is 2.90. The van der Waals surface area contributed by atoms with Crippen molar-refractivity contribution in [1.82, 2.24) is 9.78 Å². The lowest BCUT2D eigenvalue weighted by Crippen LogP contribution is -2.04. The van der Waals surface area contributed by atoms with Gasteiger partial charge in [0.1, 0.15) is 12.4 Å². The van der Waals surface area contributed by atoms with Crippen molar-refractivity contribution in [3.63, 3.8) is 0 Å². The van der Waals surface area contributed by atoms with Gasteiger partial charge in [0.05, 0.1) is 16.2 Å². The van der Waals surface area contributed by atoms with Crippen LogP contribution in [0.2, 0.25) is 0 Å². The van der Waals surface area contributed by atoms with E-state index in [-0.39, 0.29) is 23.9 Å². The van der Waals surface area contributed by atoms with Crippen molar-refractivity contribution in [2.45, 2.75) is 26.5 Å². The van der Waals surface area contributed by atoms with Gasteiger partial charge in [-0.2, -0.15) is 5.10 Å². The highest BCUT2D eigenvalue weighted by molar-refractivity contribution is 5.80. The van der Waals surface area contributed by atoms with E-state index < -0.39 is 4.92 Å². The van der Waals surface area contributed by atoms with Crippen LogP contribution in [0.5, 0.6) is 5.75 Å². The molecule has 2 rings (SSSR count). The van der Waals surface area contributed by atoms with E-state index in [1.165, 1.54) is 18.2 Å². The molecule has 0 radical (unpaired) electrons. The minimum atomic E-state index is -0.554. The molecule has 7 heteroatoms. The van der Waals surface area contributed by atoms with Gasteiger partial charge in [0.25, 0.3) is 5.69 Å². The Morgan fingerprint density at radius 3 is 2.76 bits per heavy atom. The molecule has 21 heavy (non-hydrogen) atoms. The highest BCUT2D eigenvalue weighted by Gasteiger charge is 2.12. The van der Waals surface area contributed by atoms with Crippen LogP contribution in [0.1, 0.15) is 35.9 Å². The summed E-state index contributed by atoms with van der Waals surface area (Å²) in [5.74, 6) is 0.301. The molecule has 7 nitrogen and oxygen atoms in total. The number of ether oxygens (including phenoxy) is 1. The molecule has 1 aromatic heterocycles. The van der Waals surface area contributed by atoms with Crippen LogP contribution in [-0.2, 0) is 6.61 Å². The van der Waals surface area contributed by atoms with Gasteiger partial charge in [-0.1, -0.05) is 0 Å². The van der Waals surface area contributed by atoms with Gasteiger partial charge in [0.15, 0.2) is 6.29 Å². The maximum atomic E-state index is 11.0. The van der Waals surface area contributed by atoms with E-state index in [4.69, 9.17) is 4.74 Å². The number of hydrogen-bond donors (Lipinski definition) is 0. The van der Waals surface area contributed by atoms with Crippen molar-refractivity contribution in [2.24, 2.45) is 0 Å². The molecule has 0 N–H and O–H groups in total. The summed E-state index contributed by atoms with van der Waals surface area (Å²) >= 11 is 0. The lowest BCUT2D eigenvalue weighted by Gasteiger charge is -2.07. The van der Waals surface area contributed by atoms with Crippen LogP contribution in [-0.4, -0.2) is 21.0 Å². The zero-order valence-electron chi connectivity index (χ0n) is 11.7. The van der Waals surface area contributed by atoms with Gasteiger partial charge in [-0.3, -0.25) is 19.6 Å². The smallest absolute Gasteiger partial charge is 0.270 e. The van der Waals surface area contributed by atoms with Gasteiger partial charge < -0.3 is 4.74 Å². The SMILES string of the molecule is CC(C)n1ccc(COc2ccc([N+](=O)[O-])cc2C=O)n1. The fraction of sp³-hybridized carbons (Fsp3) is 0.286. The molecule has 0 bridgehead atoms. The Bertz CT molecular complexity index is 664. The Hall–Kier alpha value is -2.70. The van der Waals surface area contributed by atoms with Crippen molar-refractivity contribution in [2.75, 3.05) is 0 Å². The third kappa shape index (κ3) is 3.44. The van der Waals surface area contributed by atoms with Crippen molar-refractivity contribution in [3.8, 4) is 5.75 Å². The van der Waals surface area contributed by atoms with E-state index in [0.717, 1.165) is 5.69 Å². The second kappa shape index (κ2) is 6.17. The predicted octanol–water partition coefficient (Wildman–Crippen LogP) is 2.76. The topological polar surface area (TPSA) is 87.3 Å². The number of carbonyl (C=O) groups excluding carboxylic acids is 1. The molecule has 110 valence electrons. The molecule has 1 heterocycles. The number of nitrogens with zero attached hydrogens (tertiary/aromatic N) is 3. The van der Waals surface area contributed by atoms with Gasteiger partial charge >= 0.3 is 0 Å². The maximum Gasteiger partial charge on any atom is 0.270 e. The van der Waals surface area contributed by atoms with Crippen LogP contribution in [0.25, 0.3) is 0 Å². The molecule has 0 saturated carbocycles.